The number of para-hydroxylation sites is 1. The van der Waals surface area contributed by atoms with Crippen molar-refractivity contribution in [3.05, 3.63) is 54.1 Å². The van der Waals surface area contributed by atoms with Crippen molar-refractivity contribution in [1.82, 2.24) is 20.1 Å². The molecule has 3 aromatic rings. The molecular formula is C24H23F3N4O3S. The number of nitrogens with zero attached hydrogens (tertiary/aromatic N) is 3. The minimum atomic E-state index is -4.99. The summed E-state index contributed by atoms with van der Waals surface area (Å²) in [4.78, 5) is 31.8. The maximum absolute atomic E-state index is 12.4. The van der Waals surface area contributed by atoms with Crippen LogP contribution in [0.1, 0.15) is 12.0 Å². The number of rotatable bonds is 6. The largest absolute Gasteiger partial charge is 0.471 e. The highest BCUT2D eigenvalue weighted by molar-refractivity contribution is 7.20. The quantitative estimate of drug-likeness (QED) is 0.553. The Kier molecular flexibility index (Phi) is 6.37. The Morgan fingerprint density at radius 1 is 1.11 bits per heavy atom. The van der Waals surface area contributed by atoms with Crippen LogP contribution in [0.15, 0.2) is 48.5 Å². The zero-order valence-electron chi connectivity index (χ0n) is 18.6. The standard InChI is InChI=1S/C24H23F3N4O3S/c25-24(26,27)22(33)28-11-21(32)31-10-9-16-13-30(14-19(16)31)12-15-5-7-17(8-6-15)34-23-29-18-3-1-2-4-20(18)35-23/h1-8,16,19H,9-14H2,(H,28,33). The van der Waals surface area contributed by atoms with Crippen LogP contribution in [0.25, 0.3) is 10.2 Å². The lowest BCUT2D eigenvalue weighted by Crippen LogP contribution is -2.47. The SMILES string of the molecule is O=C(CNC(=O)C(F)(F)F)N1CCC2CN(Cc3ccc(Oc4nc5ccccc5s4)cc3)CC21. The molecule has 0 saturated carbocycles. The highest BCUT2D eigenvalue weighted by Crippen LogP contribution is 2.33. The van der Waals surface area contributed by atoms with Crippen LogP contribution in [0.2, 0.25) is 0 Å². The van der Waals surface area contributed by atoms with E-state index in [1.807, 2.05) is 48.5 Å². The molecule has 2 aliphatic heterocycles. The van der Waals surface area contributed by atoms with Gasteiger partial charge in [0.15, 0.2) is 0 Å². The van der Waals surface area contributed by atoms with Gasteiger partial charge in [0.25, 0.3) is 5.19 Å². The number of halogens is 3. The van der Waals surface area contributed by atoms with Crippen LogP contribution in [-0.4, -0.2) is 65.0 Å². The molecule has 1 aromatic heterocycles. The van der Waals surface area contributed by atoms with E-state index in [9.17, 15) is 22.8 Å². The van der Waals surface area contributed by atoms with E-state index >= 15 is 0 Å². The van der Waals surface area contributed by atoms with Crippen LogP contribution < -0.4 is 10.1 Å². The monoisotopic (exact) mass is 504 g/mol. The third-order valence-electron chi connectivity index (χ3n) is 6.41. The third-order valence-corrected chi connectivity index (χ3v) is 7.32. The topological polar surface area (TPSA) is 74.8 Å². The van der Waals surface area contributed by atoms with Crippen LogP contribution in [0.4, 0.5) is 13.2 Å². The van der Waals surface area contributed by atoms with Crippen molar-refractivity contribution < 1.29 is 27.5 Å². The van der Waals surface area contributed by atoms with Gasteiger partial charge >= 0.3 is 12.1 Å². The van der Waals surface area contributed by atoms with Gasteiger partial charge in [-0.3, -0.25) is 14.5 Å². The molecule has 0 spiro atoms. The average Bonchev–Trinajstić information content (AvgIpc) is 3.51. The Labute approximate surface area is 203 Å². The molecule has 184 valence electrons. The van der Waals surface area contributed by atoms with E-state index in [2.05, 4.69) is 9.88 Å². The number of alkyl halides is 3. The molecule has 2 fully saturated rings. The number of thiazole rings is 1. The summed E-state index contributed by atoms with van der Waals surface area (Å²) in [7, 11) is 0. The molecule has 0 bridgehead atoms. The Morgan fingerprint density at radius 2 is 1.89 bits per heavy atom. The Hall–Kier alpha value is -3.18. The summed E-state index contributed by atoms with van der Waals surface area (Å²) < 4.78 is 44.1. The first kappa shape index (κ1) is 23.6. The molecule has 2 atom stereocenters. The summed E-state index contributed by atoms with van der Waals surface area (Å²) in [5.74, 6) is -1.60. The lowest BCUT2D eigenvalue weighted by molar-refractivity contribution is -0.174. The summed E-state index contributed by atoms with van der Waals surface area (Å²) >= 11 is 1.49. The Bertz CT molecular complexity index is 1200. The predicted molar refractivity (Wildman–Crippen MR) is 124 cm³/mol. The van der Waals surface area contributed by atoms with Crippen molar-refractivity contribution in [2.45, 2.75) is 25.2 Å². The van der Waals surface area contributed by atoms with Crippen molar-refractivity contribution >= 4 is 33.4 Å². The van der Waals surface area contributed by atoms with E-state index in [1.165, 1.54) is 11.3 Å². The minimum absolute atomic E-state index is 0.0491. The van der Waals surface area contributed by atoms with Gasteiger partial charge in [-0.1, -0.05) is 35.6 Å². The number of aromatic nitrogens is 1. The van der Waals surface area contributed by atoms with Gasteiger partial charge in [0.1, 0.15) is 5.75 Å². The number of hydrogen-bond donors (Lipinski definition) is 1. The molecule has 1 N–H and O–H groups in total. The fraction of sp³-hybridized carbons (Fsp3) is 0.375. The highest BCUT2D eigenvalue weighted by Gasteiger charge is 2.44. The van der Waals surface area contributed by atoms with E-state index in [-0.39, 0.29) is 12.0 Å². The second-order valence-electron chi connectivity index (χ2n) is 8.77. The highest BCUT2D eigenvalue weighted by atomic mass is 32.1. The van der Waals surface area contributed by atoms with E-state index < -0.39 is 24.5 Å². The van der Waals surface area contributed by atoms with Gasteiger partial charge in [0, 0.05) is 32.2 Å². The molecular weight excluding hydrogens is 481 g/mol. The molecule has 5 rings (SSSR count). The molecule has 2 aliphatic rings. The van der Waals surface area contributed by atoms with Gasteiger partial charge in [-0.05, 0) is 42.2 Å². The molecule has 11 heteroatoms. The second kappa shape index (κ2) is 9.46. The molecule has 2 saturated heterocycles. The number of likely N-dealkylation sites (tertiary alicyclic amines) is 2. The Balaban J connectivity index is 1.14. The first-order valence-corrected chi connectivity index (χ1v) is 12.1. The van der Waals surface area contributed by atoms with Crippen LogP contribution >= 0.6 is 11.3 Å². The number of hydrogen-bond acceptors (Lipinski definition) is 6. The number of carbonyl (C=O) groups excluding carboxylic acids is 2. The number of benzene rings is 2. The smallest absolute Gasteiger partial charge is 0.431 e. The van der Waals surface area contributed by atoms with Crippen molar-refractivity contribution in [2.75, 3.05) is 26.2 Å². The maximum Gasteiger partial charge on any atom is 0.471 e. The third kappa shape index (κ3) is 5.25. The van der Waals surface area contributed by atoms with Gasteiger partial charge in [-0.25, -0.2) is 4.98 Å². The van der Waals surface area contributed by atoms with Gasteiger partial charge in [0.05, 0.1) is 16.8 Å². The summed E-state index contributed by atoms with van der Waals surface area (Å²) in [5, 5.41) is 2.26. The number of amides is 2. The first-order chi connectivity index (χ1) is 16.8. The average molecular weight is 505 g/mol. The molecule has 2 unspecified atom stereocenters. The lowest BCUT2D eigenvalue weighted by Gasteiger charge is -2.25. The van der Waals surface area contributed by atoms with Gasteiger partial charge in [-0.2, -0.15) is 13.2 Å². The fourth-order valence-electron chi connectivity index (χ4n) is 4.76. The fourth-order valence-corrected chi connectivity index (χ4v) is 5.60. The molecule has 0 radical (unpaired) electrons. The molecule has 2 aromatic carbocycles. The number of fused-ring (bicyclic) bond motifs is 2. The van der Waals surface area contributed by atoms with Crippen LogP contribution in [0.5, 0.6) is 10.9 Å². The van der Waals surface area contributed by atoms with Crippen LogP contribution in [0, 0.1) is 5.92 Å². The lowest BCUT2D eigenvalue weighted by atomic mass is 10.1. The van der Waals surface area contributed by atoms with E-state index in [0.717, 1.165) is 28.7 Å². The van der Waals surface area contributed by atoms with Crippen LogP contribution in [0.3, 0.4) is 0 Å². The number of carbonyl (C=O) groups is 2. The van der Waals surface area contributed by atoms with Gasteiger partial charge in [-0.15, -0.1) is 0 Å². The van der Waals surface area contributed by atoms with Gasteiger partial charge < -0.3 is 15.0 Å². The Morgan fingerprint density at radius 3 is 2.63 bits per heavy atom. The van der Waals surface area contributed by atoms with Crippen molar-refractivity contribution in [3.63, 3.8) is 0 Å². The molecule has 3 heterocycles. The molecule has 35 heavy (non-hydrogen) atoms. The zero-order chi connectivity index (χ0) is 24.6. The van der Waals surface area contributed by atoms with E-state index in [1.54, 1.807) is 10.2 Å². The minimum Gasteiger partial charge on any atom is -0.431 e. The summed E-state index contributed by atoms with van der Waals surface area (Å²) in [6.45, 7) is 2.02. The molecule has 0 aliphatic carbocycles. The normalized spacial score (nSPS) is 20.3. The number of ether oxygens (including phenoxy) is 1. The van der Waals surface area contributed by atoms with Crippen LogP contribution in [-0.2, 0) is 16.1 Å². The zero-order valence-corrected chi connectivity index (χ0v) is 19.4. The van der Waals surface area contributed by atoms with Crippen molar-refractivity contribution in [3.8, 4) is 10.9 Å². The predicted octanol–water partition coefficient (Wildman–Crippen LogP) is 3.80. The molecule has 7 nitrogen and oxygen atoms in total. The second-order valence-corrected chi connectivity index (χ2v) is 9.76. The molecule has 2 amide bonds. The van der Waals surface area contributed by atoms with E-state index in [4.69, 9.17) is 4.74 Å². The number of nitrogens with one attached hydrogen (secondary N) is 1. The summed E-state index contributed by atoms with van der Waals surface area (Å²) in [6.07, 6.45) is -4.19. The first-order valence-electron chi connectivity index (χ1n) is 11.3. The summed E-state index contributed by atoms with van der Waals surface area (Å²) in [5.41, 5.74) is 2.00. The maximum atomic E-state index is 12.4. The van der Waals surface area contributed by atoms with Crippen molar-refractivity contribution in [2.24, 2.45) is 5.92 Å². The van der Waals surface area contributed by atoms with Gasteiger partial charge in [0.2, 0.25) is 5.91 Å². The van der Waals surface area contributed by atoms with E-state index in [0.29, 0.717) is 30.6 Å². The van der Waals surface area contributed by atoms with Crippen molar-refractivity contribution in [1.29, 1.82) is 0 Å². The summed E-state index contributed by atoms with van der Waals surface area (Å²) in [6, 6.07) is 15.6.